The number of aryl methyl sites for hydroxylation is 1. The number of rotatable bonds is 8. The van der Waals surface area contributed by atoms with Crippen LogP contribution < -0.4 is 10.6 Å². The molecule has 4 aromatic rings. The standard InChI is InChI=1S/C21H20FN7O/c22-17-5-3-15(4-6-17)13-25-21(30)10-9-20-27-26-19-8-7-18(28-29(19)20)24-14-16-2-1-11-23-12-16/h1-8,11-12H,9-10,13-14H2,(H,24,28)(H,25,30). The van der Waals surface area contributed by atoms with Gasteiger partial charge in [-0.1, -0.05) is 18.2 Å². The predicted molar refractivity (Wildman–Crippen MR) is 109 cm³/mol. The molecule has 152 valence electrons. The number of pyridine rings is 1. The Kier molecular flexibility index (Phi) is 5.88. The van der Waals surface area contributed by atoms with Gasteiger partial charge in [0.25, 0.3) is 0 Å². The molecule has 8 nitrogen and oxygen atoms in total. The highest BCUT2D eigenvalue weighted by molar-refractivity contribution is 5.76. The van der Waals surface area contributed by atoms with E-state index < -0.39 is 0 Å². The summed E-state index contributed by atoms with van der Waals surface area (Å²) in [5.41, 5.74) is 2.49. The van der Waals surface area contributed by atoms with Crippen molar-refractivity contribution in [3.8, 4) is 0 Å². The van der Waals surface area contributed by atoms with E-state index >= 15 is 0 Å². The van der Waals surface area contributed by atoms with Crippen molar-refractivity contribution in [2.45, 2.75) is 25.9 Å². The van der Waals surface area contributed by atoms with E-state index in [0.717, 1.165) is 11.1 Å². The first-order valence-corrected chi connectivity index (χ1v) is 9.52. The van der Waals surface area contributed by atoms with Gasteiger partial charge in [-0.3, -0.25) is 9.78 Å². The molecule has 2 N–H and O–H groups in total. The summed E-state index contributed by atoms with van der Waals surface area (Å²) >= 11 is 0. The second-order valence-electron chi connectivity index (χ2n) is 6.72. The van der Waals surface area contributed by atoms with E-state index in [-0.39, 0.29) is 18.1 Å². The Balaban J connectivity index is 1.34. The van der Waals surface area contributed by atoms with E-state index in [1.807, 2.05) is 24.3 Å². The Morgan fingerprint density at radius 3 is 2.67 bits per heavy atom. The zero-order valence-corrected chi connectivity index (χ0v) is 16.1. The Morgan fingerprint density at radius 1 is 1.00 bits per heavy atom. The first kappa shape index (κ1) is 19.4. The second-order valence-corrected chi connectivity index (χ2v) is 6.72. The summed E-state index contributed by atoms with van der Waals surface area (Å²) in [7, 11) is 0. The number of fused-ring (bicyclic) bond motifs is 1. The third-order valence-corrected chi connectivity index (χ3v) is 4.50. The quantitative estimate of drug-likeness (QED) is 0.468. The average molecular weight is 405 g/mol. The van der Waals surface area contributed by atoms with Gasteiger partial charge in [-0.25, -0.2) is 4.39 Å². The van der Waals surface area contributed by atoms with E-state index in [1.54, 1.807) is 29.0 Å². The molecule has 4 rings (SSSR count). The molecule has 1 amide bonds. The molecule has 0 aliphatic rings. The molecule has 30 heavy (non-hydrogen) atoms. The lowest BCUT2D eigenvalue weighted by Gasteiger charge is -2.07. The molecular formula is C21H20FN7O. The van der Waals surface area contributed by atoms with Crippen LogP contribution in [0.15, 0.2) is 60.9 Å². The summed E-state index contributed by atoms with van der Waals surface area (Å²) in [5.74, 6) is 0.854. The first-order chi connectivity index (χ1) is 14.7. The van der Waals surface area contributed by atoms with Gasteiger partial charge in [0, 0.05) is 38.3 Å². The van der Waals surface area contributed by atoms with Crippen LogP contribution in [-0.4, -0.2) is 30.7 Å². The molecule has 0 radical (unpaired) electrons. The molecule has 0 unspecified atom stereocenters. The maximum Gasteiger partial charge on any atom is 0.220 e. The SMILES string of the molecule is O=C(CCc1nnc2ccc(NCc3cccnc3)nn12)NCc1ccc(F)cc1. The van der Waals surface area contributed by atoms with Gasteiger partial charge in [0.05, 0.1) is 0 Å². The number of anilines is 1. The highest BCUT2D eigenvalue weighted by Crippen LogP contribution is 2.10. The fourth-order valence-electron chi connectivity index (χ4n) is 2.90. The molecule has 0 aliphatic heterocycles. The lowest BCUT2D eigenvalue weighted by Crippen LogP contribution is -2.23. The van der Waals surface area contributed by atoms with E-state index in [0.29, 0.717) is 36.8 Å². The van der Waals surface area contributed by atoms with Gasteiger partial charge in [0.1, 0.15) is 11.6 Å². The number of benzene rings is 1. The van der Waals surface area contributed by atoms with Crippen molar-refractivity contribution in [3.63, 3.8) is 0 Å². The minimum absolute atomic E-state index is 0.123. The summed E-state index contributed by atoms with van der Waals surface area (Å²) < 4.78 is 14.6. The van der Waals surface area contributed by atoms with Crippen LogP contribution in [0.25, 0.3) is 5.65 Å². The molecule has 0 saturated heterocycles. The molecule has 1 aromatic carbocycles. The molecule has 0 fully saturated rings. The summed E-state index contributed by atoms with van der Waals surface area (Å²) in [6, 6.07) is 13.5. The normalized spacial score (nSPS) is 10.8. The number of amides is 1. The lowest BCUT2D eigenvalue weighted by molar-refractivity contribution is -0.121. The zero-order valence-electron chi connectivity index (χ0n) is 16.1. The van der Waals surface area contributed by atoms with Gasteiger partial charge in [-0.05, 0) is 41.5 Å². The van der Waals surface area contributed by atoms with Crippen LogP contribution in [0.1, 0.15) is 23.4 Å². The van der Waals surface area contributed by atoms with Crippen molar-refractivity contribution in [3.05, 3.63) is 83.7 Å². The molecule has 3 aromatic heterocycles. The van der Waals surface area contributed by atoms with Gasteiger partial charge in [-0.15, -0.1) is 15.3 Å². The van der Waals surface area contributed by atoms with Crippen LogP contribution in [0.2, 0.25) is 0 Å². The largest absolute Gasteiger partial charge is 0.364 e. The smallest absolute Gasteiger partial charge is 0.220 e. The lowest BCUT2D eigenvalue weighted by atomic mass is 10.2. The zero-order chi connectivity index (χ0) is 20.8. The maximum atomic E-state index is 12.9. The van der Waals surface area contributed by atoms with E-state index in [9.17, 15) is 9.18 Å². The number of nitrogens with zero attached hydrogens (tertiary/aromatic N) is 5. The van der Waals surface area contributed by atoms with E-state index in [2.05, 4.69) is 30.9 Å². The molecular weight excluding hydrogens is 385 g/mol. The average Bonchev–Trinajstić information content (AvgIpc) is 3.19. The van der Waals surface area contributed by atoms with Crippen LogP contribution in [0.3, 0.4) is 0 Å². The number of nitrogens with one attached hydrogen (secondary N) is 2. The minimum Gasteiger partial charge on any atom is -0.364 e. The number of carbonyl (C=O) groups is 1. The van der Waals surface area contributed by atoms with E-state index in [4.69, 9.17) is 0 Å². The summed E-state index contributed by atoms with van der Waals surface area (Å²) in [6.07, 6.45) is 4.17. The first-order valence-electron chi connectivity index (χ1n) is 9.52. The van der Waals surface area contributed by atoms with Crippen molar-refractivity contribution in [2.24, 2.45) is 0 Å². The third kappa shape index (κ3) is 4.93. The highest BCUT2D eigenvalue weighted by atomic mass is 19.1. The fraction of sp³-hybridized carbons (Fsp3) is 0.190. The van der Waals surface area contributed by atoms with Crippen molar-refractivity contribution in [2.75, 3.05) is 5.32 Å². The van der Waals surface area contributed by atoms with E-state index in [1.165, 1.54) is 12.1 Å². The number of aromatic nitrogens is 5. The van der Waals surface area contributed by atoms with Crippen molar-refractivity contribution in [1.29, 1.82) is 0 Å². The van der Waals surface area contributed by atoms with Gasteiger partial charge in [-0.2, -0.15) is 4.52 Å². The second kappa shape index (κ2) is 9.08. The van der Waals surface area contributed by atoms with Crippen LogP contribution in [0.4, 0.5) is 10.2 Å². The number of carbonyl (C=O) groups excluding carboxylic acids is 1. The van der Waals surface area contributed by atoms with Gasteiger partial charge in [0.15, 0.2) is 11.5 Å². The summed E-state index contributed by atoms with van der Waals surface area (Å²) in [4.78, 5) is 16.3. The third-order valence-electron chi connectivity index (χ3n) is 4.50. The summed E-state index contributed by atoms with van der Waals surface area (Å²) in [5, 5.41) is 18.8. The highest BCUT2D eigenvalue weighted by Gasteiger charge is 2.10. The Labute approximate surface area is 172 Å². The van der Waals surface area contributed by atoms with Crippen molar-refractivity contribution < 1.29 is 9.18 Å². The molecule has 9 heteroatoms. The Morgan fingerprint density at radius 2 is 1.87 bits per heavy atom. The Bertz CT molecular complexity index is 1130. The maximum absolute atomic E-state index is 12.9. The van der Waals surface area contributed by atoms with Gasteiger partial charge >= 0.3 is 0 Å². The van der Waals surface area contributed by atoms with Crippen LogP contribution >= 0.6 is 0 Å². The van der Waals surface area contributed by atoms with Gasteiger partial charge < -0.3 is 10.6 Å². The molecule has 0 spiro atoms. The van der Waals surface area contributed by atoms with Crippen LogP contribution in [0.5, 0.6) is 0 Å². The topological polar surface area (TPSA) is 97.1 Å². The number of hydrogen-bond acceptors (Lipinski definition) is 6. The fourth-order valence-corrected chi connectivity index (χ4v) is 2.90. The van der Waals surface area contributed by atoms with Crippen LogP contribution in [0, 0.1) is 5.82 Å². The van der Waals surface area contributed by atoms with Gasteiger partial charge in [0.2, 0.25) is 5.91 Å². The molecule has 0 atom stereocenters. The molecule has 0 bridgehead atoms. The summed E-state index contributed by atoms with van der Waals surface area (Å²) in [6.45, 7) is 0.940. The number of hydrogen-bond donors (Lipinski definition) is 2. The monoisotopic (exact) mass is 405 g/mol. The van der Waals surface area contributed by atoms with Crippen molar-refractivity contribution >= 4 is 17.4 Å². The predicted octanol–water partition coefficient (Wildman–Crippen LogP) is 2.52. The molecule has 3 heterocycles. The molecule has 0 saturated carbocycles. The van der Waals surface area contributed by atoms with Crippen molar-refractivity contribution in [1.82, 2.24) is 30.1 Å². The van der Waals surface area contributed by atoms with Crippen LogP contribution in [-0.2, 0) is 24.3 Å². The molecule has 0 aliphatic carbocycles. The number of halogens is 1. The Hall–Kier alpha value is -3.88. The minimum atomic E-state index is -0.300.